The molecule has 0 spiro atoms. The van der Waals surface area contributed by atoms with Crippen LogP contribution in [0.15, 0.2) is 32.5 Å². The molecule has 0 fully saturated rings. The molecule has 0 radical (unpaired) electrons. The maximum absolute atomic E-state index is 11.9. The summed E-state index contributed by atoms with van der Waals surface area (Å²) < 4.78 is 4.95. The Labute approximate surface area is 118 Å². The van der Waals surface area contributed by atoms with Crippen LogP contribution in [0.3, 0.4) is 0 Å². The summed E-state index contributed by atoms with van der Waals surface area (Å²) in [5.74, 6) is -1.04. The number of hydrazone groups is 1. The maximum Gasteiger partial charge on any atom is 0.417 e. The lowest BCUT2D eigenvalue weighted by atomic mass is 10.1. The van der Waals surface area contributed by atoms with E-state index >= 15 is 0 Å². The molecular weight excluding hydrogens is 276 g/mol. The number of H-pyrrole nitrogens is 1. The Hall–Kier alpha value is -2.90. The van der Waals surface area contributed by atoms with Crippen LogP contribution in [-0.2, 0) is 16.1 Å². The molecule has 8 nitrogen and oxygen atoms in total. The fraction of sp³-hybridized carbons (Fsp3) is 0.231. The first-order valence-corrected chi connectivity index (χ1v) is 6.37. The van der Waals surface area contributed by atoms with Crippen LogP contribution in [0.4, 0.5) is 0 Å². The van der Waals surface area contributed by atoms with Crippen LogP contribution >= 0.6 is 0 Å². The zero-order valence-electron chi connectivity index (χ0n) is 10.9. The molecule has 108 valence electrons. The molecule has 3 N–H and O–H groups in total. The van der Waals surface area contributed by atoms with Crippen LogP contribution in [0.25, 0.3) is 11.1 Å². The first-order chi connectivity index (χ1) is 10.1. The number of aromatic amines is 1. The number of carbonyl (C=O) groups excluding carboxylic acids is 2. The van der Waals surface area contributed by atoms with Crippen LogP contribution in [0.5, 0.6) is 0 Å². The summed E-state index contributed by atoms with van der Waals surface area (Å²) in [7, 11) is 0. The second kappa shape index (κ2) is 5.23. The lowest BCUT2D eigenvalue weighted by Crippen LogP contribution is -2.36. The van der Waals surface area contributed by atoms with E-state index in [9.17, 15) is 14.4 Å². The SMILES string of the molecule is O=C1CCC(C(=O)NCc2ccc3[nH]c(=O)oc3c2)=NN1. The fourth-order valence-corrected chi connectivity index (χ4v) is 2.02. The van der Waals surface area contributed by atoms with Crippen molar-refractivity contribution in [2.45, 2.75) is 19.4 Å². The lowest BCUT2D eigenvalue weighted by Gasteiger charge is -2.11. The minimum Gasteiger partial charge on any atom is -0.408 e. The number of amides is 2. The van der Waals surface area contributed by atoms with E-state index in [2.05, 4.69) is 20.8 Å². The van der Waals surface area contributed by atoms with Gasteiger partial charge in [-0.25, -0.2) is 10.2 Å². The third-order valence-electron chi connectivity index (χ3n) is 3.11. The molecule has 0 saturated heterocycles. The molecule has 0 atom stereocenters. The zero-order chi connectivity index (χ0) is 14.8. The van der Waals surface area contributed by atoms with Crippen molar-refractivity contribution in [2.75, 3.05) is 0 Å². The van der Waals surface area contributed by atoms with Crippen molar-refractivity contribution in [3.8, 4) is 0 Å². The molecule has 3 rings (SSSR count). The Bertz CT molecular complexity index is 802. The Morgan fingerprint density at radius 1 is 1.33 bits per heavy atom. The first-order valence-electron chi connectivity index (χ1n) is 6.37. The number of carbonyl (C=O) groups is 2. The molecular formula is C13H12N4O4. The van der Waals surface area contributed by atoms with Crippen molar-refractivity contribution in [2.24, 2.45) is 5.10 Å². The second-order valence-corrected chi connectivity index (χ2v) is 4.62. The number of nitrogens with zero attached hydrogens (tertiary/aromatic N) is 1. The van der Waals surface area contributed by atoms with Gasteiger partial charge < -0.3 is 9.73 Å². The number of fused-ring (bicyclic) bond motifs is 1. The largest absolute Gasteiger partial charge is 0.417 e. The highest BCUT2D eigenvalue weighted by molar-refractivity contribution is 6.39. The summed E-state index contributed by atoms with van der Waals surface area (Å²) in [6.07, 6.45) is 0.579. The van der Waals surface area contributed by atoms with E-state index in [4.69, 9.17) is 4.42 Å². The molecule has 0 unspecified atom stereocenters. The van der Waals surface area contributed by atoms with Gasteiger partial charge in [0.1, 0.15) is 5.71 Å². The van der Waals surface area contributed by atoms with Gasteiger partial charge >= 0.3 is 5.76 Å². The monoisotopic (exact) mass is 288 g/mol. The zero-order valence-corrected chi connectivity index (χ0v) is 10.9. The van der Waals surface area contributed by atoms with Crippen molar-refractivity contribution < 1.29 is 14.0 Å². The minimum absolute atomic E-state index is 0.195. The van der Waals surface area contributed by atoms with E-state index in [0.717, 1.165) is 5.56 Å². The van der Waals surface area contributed by atoms with Gasteiger partial charge in [0, 0.05) is 19.4 Å². The second-order valence-electron chi connectivity index (χ2n) is 4.62. The molecule has 0 saturated carbocycles. The molecule has 2 aromatic rings. The number of aromatic nitrogens is 1. The van der Waals surface area contributed by atoms with Crippen LogP contribution < -0.4 is 16.5 Å². The van der Waals surface area contributed by atoms with E-state index in [1.807, 2.05) is 0 Å². The summed E-state index contributed by atoms with van der Waals surface area (Å²) in [5.41, 5.74) is 4.40. The summed E-state index contributed by atoms with van der Waals surface area (Å²) >= 11 is 0. The molecule has 0 bridgehead atoms. The average molecular weight is 288 g/mol. The molecule has 2 amide bonds. The van der Waals surface area contributed by atoms with Crippen LogP contribution in [-0.4, -0.2) is 22.5 Å². The van der Waals surface area contributed by atoms with Gasteiger partial charge in [-0.05, 0) is 17.7 Å². The third-order valence-corrected chi connectivity index (χ3v) is 3.11. The molecule has 8 heteroatoms. The fourth-order valence-electron chi connectivity index (χ4n) is 2.02. The first kappa shape index (κ1) is 13.1. The molecule has 21 heavy (non-hydrogen) atoms. The van der Waals surface area contributed by atoms with Gasteiger partial charge in [-0.1, -0.05) is 6.07 Å². The number of nitrogens with one attached hydrogen (secondary N) is 3. The Kier molecular flexibility index (Phi) is 3.27. The standard InChI is InChI=1S/C13H12N4O4/c18-11-4-3-9(16-17-11)12(19)14-6-7-1-2-8-10(5-7)21-13(20)15-8/h1-2,5H,3-4,6H2,(H,14,19)(H,15,20)(H,17,18). The predicted molar refractivity (Wildman–Crippen MR) is 73.5 cm³/mol. The quantitative estimate of drug-likeness (QED) is 0.737. The predicted octanol–water partition coefficient (Wildman–Crippen LogP) is 0.00330. The highest BCUT2D eigenvalue weighted by atomic mass is 16.4. The molecule has 2 heterocycles. The van der Waals surface area contributed by atoms with Crippen molar-refractivity contribution in [3.63, 3.8) is 0 Å². The maximum atomic E-state index is 11.9. The van der Waals surface area contributed by atoms with Crippen molar-refractivity contribution in [1.82, 2.24) is 15.7 Å². The molecule has 1 aromatic heterocycles. The van der Waals surface area contributed by atoms with Gasteiger partial charge in [0.2, 0.25) is 5.91 Å². The molecule has 1 aliphatic heterocycles. The smallest absolute Gasteiger partial charge is 0.408 e. The Morgan fingerprint density at radius 2 is 2.19 bits per heavy atom. The van der Waals surface area contributed by atoms with Gasteiger partial charge in [0.15, 0.2) is 5.58 Å². The third kappa shape index (κ3) is 2.83. The highest BCUT2D eigenvalue weighted by Gasteiger charge is 2.17. The van der Waals surface area contributed by atoms with E-state index in [1.54, 1.807) is 18.2 Å². The van der Waals surface area contributed by atoms with Crippen molar-refractivity contribution in [1.29, 1.82) is 0 Å². The van der Waals surface area contributed by atoms with Crippen LogP contribution in [0.1, 0.15) is 18.4 Å². The van der Waals surface area contributed by atoms with Crippen molar-refractivity contribution in [3.05, 3.63) is 34.3 Å². The topological polar surface area (TPSA) is 117 Å². The number of oxazole rings is 1. The van der Waals surface area contributed by atoms with Gasteiger partial charge in [0.05, 0.1) is 5.52 Å². The van der Waals surface area contributed by atoms with Gasteiger partial charge in [-0.2, -0.15) is 5.10 Å². The number of hydrogen-bond acceptors (Lipinski definition) is 5. The van der Waals surface area contributed by atoms with E-state index in [0.29, 0.717) is 23.2 Å². The van der Waals surface area contributed by atoms with Gasteiger partial charge in [0.25, 0.3) is 5.91 Å². The number of hydrogen-bond donors (Lipinski definition) is 3. The number of benzene rings is 1. The Balaban J connectivity index is 1.67. The summed E-state index contributed by atoms with van der Waals surface area (Å²) in [4.78, 5) is 36.4. The van der Waals surface area contributed by atoms with Crippen LogP contribution in [0.2, 0.25) is 0 Å². The summed E-state index contributed by atoms with van der Waals surface area (Å²) in [5, 5.41) is 6.42. The highest BCUT2D eigenvalue weighted by Crippen LogP contribution is 2.12. The van der Waals surface area contributed by atoms with Crippen molar-refractivity contribution >= 4 is 28.6 Å². The lowest BCUT2D eigenvalue weighted by molar-refractivity contribution is -0.121. The Morgan fingerprint density at radius 3 is 2.95 bits per heavy atom. The van der Waals surface area contributed by atoms with Crippen LogP contribution in [0, 0.1) is 0 Å². The summed E-state index contributed by atoms with van der Waals surface area (Å²) in [6, 6.07) is 5.16. The van der Waals surface area contributed by atoms with Gasteiger partial charge in [-0.3, -0.25) is 14.6 Å². The minimum atomic E-state index is -0.515. The normalized spacial score (nSPS) is 14.7. The average Bonchev–Trinajstić information content (AvgIpc) is 2.84. The van der Waals surface area contributed by atoms with E-state index in [1.165, 1.54) is 0 Å². The molecule has 0 aliphatic carbocycles. The van der Waals surface area contributed by atoms with Gasteiger partial charge in [-0.15, -0.1) is 0 Å². The number of rotatable bonds is 3. The summed E-state index contributed by atoms with van der Waals surface area (Å²) in [6.45, 7) is 0.274. The van der Waals surface area contributed by atoms with E-state index < -0.39 is 5.76 Å². The molecule has 1 aliphatic rings. The molecule has 1 aromatic carbocycles. The van der Waals surface area contributed by atoms with E-state index in [-0.39, 0.29) is 24.8 Å².